The lowest BCUT2D eigenvalue weighted by atomic mass is 10.0. The van der Waals surface area contributed by atoms with Crippen LogP contribution < -0.4 is 15.0 Å². The van der Waals surface area contributed by atoms with E-state index < -0.39 is 5.91 Å². The number of rotatable bonds is 5. The molecule has 0 saturated heterocycles. The van der Waals surface area contributed by atoms with E-state index in [2.05, 4.69) is 5.32 Å². The summed E-state index contributed by atoms with van der Waals surface area (Å²) in [5.41, 5.74) is 4.10. The molecular formula is C25H21ClN2O3. The number of methoxy groups -OCH3 is 1. The normalized spacial score (nSPS) is 13.7. The first-order chi connectivity index (χ1) is 14.9. The number of nitrogens with one attached hydrogen (secondary N) is 1. The SMILES string of the molecule is COc1ccc(Cl)cc1NC1=C(c2ccccc2)C(=O)N(c2cc(C)cc(C)c2)C1=O. The number of benzene rings is 3. The van der Waals surface area contributed by atoms with Gasteiger partial charge in [-0.3, -0.25) is 9.59 Å². The quantitative estimate of drug-likeness (QED) is 0.551. The van der Waals surface area contributed by atoms with Crippen molar-refractivity contribution in [2.75, 3.05) is 17.3 Å². The maximum Gasteiger partial charge on any atom is 0.282 e. The Morgan fingerprint density at radius 1 is 0.871 bits per heavy atom. The van der Waals surface area contributed by atoms with Crippen molar-refractivity contribution in [3.05, 3.63) is 94.1 Å². The third kappa shape index (κ3) is 3.92. The van der Waals surface area contributed by atoms with Gasteiger partial charge in [0, 0.05) is 5.02 Å². The van der Waals surface area contributed by atoms with E-state index in [4.69, 9.17) is 16.3 Å². The van der Waals surface area contributed by atoms with Gasteiger partial charge >= 0.3 is 0 Å². The first-order valence-corrected chi connectivity index (χ1v) is 10.1. The monoisotopic (exact) mass is 432 g/mol. The first-order valence-electron chi connectivity index (χ1n) is 9.76. The van der Waals surface area contributed by atoms with Gasteiger partial charge in [-0.2, -0.15) is 0 Å². The average Bonchev–Trinajstić information content (AvgIpc) is 2.97. The molecule has 0 saturated carbocycles. The average molecular weight is 433 g/mol. The molecule has 1 aliphatic heterocycles. The third-order valence-corrected chi connectivity index (χ3v) is 5.27. The van der Waals surface area contributed by atoms with E-state index in [1.54, 1.807) is 18.2 Å². The summed E-state index contributed by atoms with van der Waals surface area (Å²) in [6.45, 7) is 3.87. The zero-order valence-electron chi connectivity index (χ0n) is 17.4. The number of hydrogen-bond donors (Lipinski definition) is 1. The number of amides is 2. The van der Waals surface area contributed by atoms with E-state index in [0.717, 1.165) is 11.1 Å². The van der Waals surface area contributed by atoms with Crippen LogP contribution in [-0.2, 0) is 9.59 Å². The van der Waals surface area contributed by atoms with Crippen molar-refractivity contribution < 1.29 is 14.3 Å². The summed E-state index contributed by atoms with van der Waals surface area (Å²) in [6.07, 6.45) is 0. The van der Waals surface area contributed by atoms with Crippen molar-refractivity contribution >= 4 is 40.4 Å². The van der Waals surface area contributed by atoms with Crippen LogP contribution in [0.25, 0.3) is 5.57 Å². The molecule has 0 unspecified atom stereocenters. The Balaban J connectivity index is 1.86. The highest BCUT2D eigenvalue weighted by Crippen LogP contribution is 2.36. The molecule has 1 heterocycles. The summed E-state index contributed by atoms with van der Waals surface area (Å²) in [4.78, 5) is 28.2. The molecule has 0 fully saturated rings. The highest BCUT2D eigenvalue weighted by atomic mass is 35.5. The molecule has 0 bridgehead atoms. The maximum absolute atomic E-state index is 13.5. The Kier molecular flexibility index (Phi) is 5.53. The molecule has 0 aromatic heterocycles. The molecule has 156 valence electrons. The molecule has 3 aromatic rings. The van der Waals surface area contributed by atoms with Gasteiger partial charge in [-0.25, -0.2) is 4.90 Å². The molecule has 1 N–H and O–H groups in total. The lowest BCUT2D eigenvalue weighted by Gasteiger charge is -2.17. The zero-order valence-corrected chi connectivity index (χ0v) is 18.2. The predicted molar refractivity (Wildman–Crippen MR) is 123 cm³/mol. The van der Waals surface area contributed by atoms with Crippen LogP contribution in [0.1, 0.15) is 16.7 Å². The minimum Gasteiger partial charge on any atom is -0.495 e. The molecule has 5 nitrogen and oxygen atoms in total. The number of anilines is 2. The molecule has 1 aliphatic rings. The van der Waals surface area contributed by atoms with Crippen LogP contribution in [0.15, 0.2) is 72.4 Å². The molecule has 4 rings (SSSR count). The Bertz CT molecular complexity index is 1200. The molecule has 3 aromatic carbocycles. The summed E-state index contributed by atoms with van der Waals surface area (Å²) >= 11 is 6.16. The molecule has 0 spiro atoms. The van der Waals surface area contributed by atoms with Crippen LogP contribution in [0, 0.1) is 13.8 Å². The van der Waals surface area contributed by atoms with Crippen molar-refractivity contribution in [3.63, 3.8) is 0 Å². The molecule has 6 heteroatoms. The van der Waals surface area contributed by atoms with Crippen molar-refractivity contribution in [3.8, 4) is 5.75 Å². The summed E-state index contributed by atoms with van der Waals surface area (Å²) in [6, 6.07) is 19.9. The van der Waals surface area contributed by atoms with Gasteiger partial charge in [-0.1, -0.05) is 48.0 Å². The van der Waals surface area contributed by atoms with E-state index in [0.29, 0.717) is 33.3 Å². The molecule has 0 aliphatic carbocycles. The minimum absolute atomic E-state index is 0.177. The van der Waals surface area contributed by atoms with Crippen molar-refractivity contribution in [2.45, 2.75) is 13.8 Å². The molecular weight excluding hydrogens is 412 g/mol. The number of nitrogens with zero attached hydrogens (tertiary/aromatic N) is 1. The van der Waals surface area contributed by atoms with E-state index in [1.165, 1.54) is 12.0 Å². The smallest absolute Gasteiger partial charge is 0.282 e. The standard InChI is InChI=1S/C25H21ClN2O3/c1-15-11-16(2)13-19(12-15)28-24(29)22(17-7-5-4-6-8-17)23(25(28)30)27-20-14-18(26)9-10-21(20)31-3/h4-14,27H,1-3H3. The van der Waals surface area contributed by atoms with Crippen LogP contribution in [-0.4, -0.2) is 18.9 Å². The van der Waals surface area contributed by atoms with Gasteiger partial charge in [0.2, 0.25) is 0 Å². The Morgan fingerprint density at radius 3 is 2.19 bits per heavy atom. The Morgan fingerprint density at radius 2 is 1.55 bits per heavy atom. The number of aryl methyl sites for hydroxylation is 2. The summed E-state index contributed by atoms with van der Waals surface area (Å²) in [7, 11) is 1.53. The van der Waals surface area contributed by atoms with Gasteiger partial charge in [0.1, 0.15) is 11.4 Å². The van der Waals surface area contributed by atoms with Crippen LogP contribution in [0.5, 0.6) is 5.75 Å². The number of carbonyl (C=O) groups is 2. The largest absolute Gasteiger partial charge is 0.495 e. The van der Waals surface area contributed by atoms with E-state index in [1.807, 2.05) is 62.4 Å². The fraction of sp³-hybridized carbons (Fsp3) is 0.120. The predicted octanol–water partition coefficient (Wildman–Crippen LogP) is 5.36. The van der Waals surface area contributed by atoms with Gasteiger partial charge in [-0.05, 0) is 60.9 Å². The Labute approximate surface area is 185 Å². The fourth-order valence-electron chi connectivity index (χ4n) is 3.75. The van der Waals surface area contributed by atoms with Crippen molar-refractivity contribution in [1.29, 1.82) is 0 Å². The van der Waals surface area contributed by atoms with E-state index in [9.17, 15) is 9.59 Å². The topological polar surface area (TPSA) is 58.6 Å². The van der Waals surface area contributed by atoms with E-state index in [-0.39, 0.29) is 11.6 Å². The lowest BCUT2D eigenvalue weighted by molar-refractivity contribution is -0.120. The third-order valence-electron chi connectivity index (χ3n) is 5.03. The molecule has 2 amide bonds. The van der Waals surface area contributed by atoms with E-state index >= 15 is 0 Å². The number of hydrogen-bond acceptors (Lipinski definition) is 4. The van der Waals surface area contributed by atoms with Crippen LogP contribution in [0.3, 0.4) is 0 Å². The number of halogens is 1. The lowest BCUT2D eigenvalue weighted by Crippen LogP contribution is -2.32. The first kappa shape index (κ1) is 20.7. The van der Waals surface area contributed by atoms with Gasteiger partial charge in [0.15, 0.2) is 0 Å². The minimum atomic E-state index is -0.434. The fourth-order valence-corrected chi connectivity index (χ4v) is 3.92. The van der Waals surface area contributed by atoms with Gasteiger partial charge < -0.3 is 10.1 Å². The highest BCUT2D eigenvalue weighted by Gasteiger charge is 2.40. The van der Waals surface area contributed by atoms with Gasteiger partial charge in [0.25, 0.3) is 11.8 Å². The number of ether oxygens (including phenoxy) is 1. The summed E-state index contributed by atoms with van der Waals surface area (Å²) in [5, 5.41) is 3.60. The molecule has 0 atom stereocenters. The van der Waals surface area contributed by atoms with Crippen molar-refractivity contribution in [2.24, 2.45) is 0 Å². The van der Waals surface area contributed by atoms with Crippen molar-refractivity contribution in [1.82, 2.24) is 0 Å². The number of carbonyl (C=O) groups excluding carboxylic acids is 2. The van der Waals surface area contributed by atoms with Gasteiger partial charge in [0.05, 0.1) is 24.1 Å². The second kappa shape index (κ2) is 8.28. The van der Waals surface area contributed by atoms with Crippen LogP contribution >= 0.6 is 11.6 Å². The van der Waals surface area contributed by atoms with Gasteiger partial charge in [-0.15, -0.1) is 0 Å². The maximum atomic E-state index is 13.5. The zero-order chi connectivity index (χ0) is 22.1. The van der Waals surface area contributed by atoms with Crippen LogP contribution in [0.2, 0.25) is 5.02 Å². The summed E-state index contributed by atoms with van der Waals surface area (Å²) < 4.78 is 5.40. The summed E-state index contributed by atoms with van der Waals surface area (Å²) in [5.74, 6) is -0.310. The Hall–Kier alpha value is -3.57. The second-order valence-corrected chi connectivity index (χ2v) is 7.81. The molecule has 0 radical (unpaired) electrons. The highest BCUT2D eigenvalue weighted by molar-refractivity contribution is 6.46. The number of imide groups is 1. The molecule has 31 heavy (non-hydrogen) atoms. The van der Waals surface area contributed by atoms with Crippen LogP contribution in [0.4, 0.5) is 11.4 Å². The second-order valence-electron chi connectivity index (χ2n) is 7.38.